The van der Waals surface area contributed by atoms with Crippen LogP contribution in [0.15, 0.2) is 47.4 Å². The second-order valence-electron chi connectivity index (χ2n) is 8.36. The van der Waals surface area contributed by atoms with Crippen molar-refractivity contribution < 1.29 is 18.1 Å². The summed E-state index contributed by atoms with van der Waals surface area (Å²) in [6.07, 6.45) is -0.243. The van der Waals surface area contributed by atoms with Crippen molar-refractivity contribution in [2.45, 2.75) is 49.9 Å². The lowest BCUT2D eigenvalue weighted by Crippen LogP contribution is -2.43. The predicted molar refractivity (Wildman–Crippen MR) is 112 cm³/mol. The van der Waals surface area contributed by atoms with Crippen molar-refractivity contribution in [3.05, 3.63) is 48.0 Å². The lowest BCUT2D eigenvalue weighted by atomic mass is 10.1. The second-order valence-corrected chi connectivity index (χ2v) is 14.6. The molecule has 0 saturated carbocycles. The van der Waals surface area contributed by atoms with Crippen LogP contribution in [-0.2, 0) is 10.8 Å². The van der Waals surface area contributed by atoms with Crippen LogP contribution >= 0.6 is 0 Å². The van der Waals surface area contributed by atoms with E-state index >= 15 is 0 Å². The molecule has 0 aromatic heterocycles. The van der Waals surface area contributed by atoms with Crippen LogP contribution < -0.4 is 13.9 Å². The molecule has 0 fully saturated rings. The molecule has 2 aromatic rings. The molecule has 0 radical (unpaired) electrons. The number of hydrogen-bond donors (Lipinski definition) is 0. The van der Waals surface area contributed by atoms with Crippen LogP contribution in [0.5, 0.6) is 17.2 Å². The Balaban J connectivity index is 1.86. The maximum Gasteiger partial charge on any atom is 0.250 e. The SMILES string of the molecule is COc1ccc(C2CS(=O)c3ccc(O[Si](C)(C)C(C)(C)C)cc3O2)cc1. The topological polar surface area (TPSA) is 44.8 Å². The molecule has 4 nitrogen and oxygen atoms in total. The summed E-state index contributed by atoms with van der Waals surface area (Å²) in [5, 5.41) is 0.109. The van der Waals surface area contributed by atoms with Gasteiger partial charge in [-0.15, -0.1) is 0 Å². The Morgan fingerprint density at radius 1 is 1.07 bits per heavy atom. The van der Waals surface area contributed by atoms with Crippen LogP contribution in [0.4, 0.5) is 0 Å². The number of benzene rings is 2. The van der Waals surface area contributed by atoms with E-state index in [0.717, 1.165) is 22.0 Å². The minimum Gasteiger partial charge on any atom is -0.543 e. The molecule has 0 bridgehead atoms. The number of hydrogen-bond acceptors (Lipinski definition) is 4. The minimum absolute atomic E-state index is 0.109. The third kappa shape index (κ3) is 4.22. The first-order valence-electron chi connectivity index (χ1n) is 9.13. The van der Waals surface area contributed by atoms with Gasteiger partial charge in [0.25, 0.3) is 0 Å². The van der Waals surface area contributed by atoms with E-state index in [9.17, 15) is 4.21 Å². The molecule has 6 heteroatoms. The van der Waals surface area contributed by atoms with Crippen LogP contribution in [0.1, 0.15) is 32.4 Å². The van der Waals surface area contributed by atoms with Crippen molar-refractivity contribution in [3.63, 3.8) is 0 Å². The molecule has 0 amide bonds. The zero-order valence-electron chi connectivity index (χ0n) is 16.9. The van der Waals surface area contributed by atoms with Gasteiger partial charge in [-0.1, -0.05) is 32.9 Å². The summed E-state index contributed by atoms with van der Waals surface area (Å²) in [5.74, 6) is 2.67. The fourth-order valence-electron chi connectivity index (χ4n) is 2.68. The largest absolute Gasteiger partial charge is 0.543 e. The van der Waals surface area contributed by atoms with Gasteiger partial charge in [0.05, 0.1) is 28.6 Å². The average molecular weight is 405 g/mol. The van der Waals surface area contributed by atoms with E-state index in [4.69, 9.17) is 13.9 Å². The van der Waals surface area contributed by atoms with Gasteiger partial charge in [-0.3, -0.25) is 4.21 Å². The summed E-state index contributed by atoms with van der Waals surface area (Å²) in [5.41, 5.74) is 0.991. The van der Waals surface area contributed by atoms with Gasteiger partial charge in [0.1, 0.15) is 23.4 Å². The lowest BCUT2D eigenvalue weighted by Gasteiger charge is -2.36. The Labute approximate surface area is 165 Å². The van der Waals surface area contributed by atoms with E-state index in [-0.39, 0.29) is 11.1 Å². The maximum absolute atomic E-state index is 12.7. The van der Waals surface area contributed by atoms with Gasteiger partial charge in [0.15, 0.2) is 0 Å². The second kappa shape index (κ2) is 7.32. The smallest absolute Gasteiger partial charge is 0.250 e. The van der Waals surface area contributed by atoms with E-state index in [1.165, 1.54) is 0 Å². The Kier molecular flexibility index (Phi) is 5.41. The highest BCUT2D eigenvalue weighted by atomic mass is 32.2. The fourth-order valence-corrected chi connectivity index (χ4v) is 4.97. The highest BCUT2D eigenvalue weighted by Gasteiger charge is 2.39. The molecule has 2 atom stereocenters. The number of ether oxygens (including phenoxy) is 2. The van der Waals surface area contributed by atoms with Crippen LogP contribution in [0.2, 0.25) is 18.1 Å². The average Bonchev–Trinajstić information content (AvgIpc) is 2.60. The van der Waals surface area contributed by atoms with Crippen LogP contribution in [-0.4, -0.2) is 25.4 Å². The molecular weight excluding hydrogens is 376 g/mol. The van der Waals surface area contributed by atoms with Crippen LogP contribution in [0.3, 0.4) is 0 Å². The quantitative estimate of drug-likeness (QED) is 0.647. The van der Waals surface area contributed by atoms with Crippen molar-refractivity contribution >= 4 is 19.1 Å². The van der Waals surface area contributed by atoms with Gasteiger partial charge in [-0.05, 0) is 48.0 Å². The summed E-state index contributed by atoms with van der Waals surface area (Å²) in [6.45, 7) is 11.1. The maximum atomic E-state index is 12.7. The van der Waals surface area contributed by atoms with Gasteiger partial charge >= 0.3 is 0 Å². The van der Waals surface area contributed by atoms with E-state index in [1.807, 2.05) is 42.5 Å². The Morgan fingerprint density at radius 3 is 2.30 bits per heavy atom. The molecule has 146 valence electrons. The first-order valence-corrected chi connectivity index (χ1v) is 13.4. The number of fused-ring (bicyclic) bond motifs is 1. The van der Waals surface area contributed by atoms with Crippen molar-refractivity contribution in [1.29, 1.82) is 0 Å². The molecule has 0 spiro atoms. The van der Waals surface area contributed by atoms with Crippen molar-refractivity contribution in [3.8, 4) is 17.2 Å². The Morgan fingerprint density at radius 2 is 1.70 bits per heavy atom. The highest BCUT2D eigenvalue weighted by Crippen LogP contribution is 2.41. The van der Waals surface area contributed by atoms with Gasteiger partial charge in [0.2, 0.25) is 8.32 Å². The first kappa shape index (κ1) is 20.0. The summed E-state index contributed by atoms with van der Waals surface area (Å²) in [6, 6.07) is 13.4. The molecule has 2 aromatic carbocycles. The van der Waals surface area contributed by atoms with Gasteiger partial charge < -0.3 is 13.9 Å². The Bertz CT molecular complexity index is 840. The normalized spacial score (nSPS) is 19.8. The molecule has 2 unspecified atom stereocenters. The predicted octanol–water partition coefficient (Wildman–Crippen LogP) is 5.32. The number of methoxy groups -OCH3 is 1. The molecule has 1 heterocycles. The minimum atomic E-state index is -1.94. The lowest BCUT2D eigenvalue weighted by molar-refractivity contribution is 0.217. The molecule has 0 saturated heterocycles. The standard InChI is InChI=1S/C21H28O4SSi/c1-21(2,3)27(5,6)25-17-11-12-20-18(13-17)24-19(14-26(20)22)15-7-9-16(23-4)10-8-15/h7-13,19H,14H2,1-6H3. The fraction of sp³-hybridized carbons (Fsp3) is 0.429. The third-order valence-corrected chi connectivity index (χ3v) is 11.2. The van der Waals surface area contributed by atoms with E-state index in [1.54, 1.807) is 7.11 Å². The third-order valence-electron chi connectivity index (χ3n) is 5.40. The van der Waals surface area contributed by atoms with Crippen molar-refractivity contribution in [2.75, 3.05) is 12.9 Å². The van der Waals surface area contributed by atoms with Crippen molar-refractivity contribution in [2.24, 2.45) is 0 Å². The van der Waals surface area contributed by atoms with Gasteiger partial charge in [-0.2, -0.15) is 0 Å². The first-order chi connectivity index (χ1) is 12.6. The molecule has 0 N–H and O–H groups in total. The summed E-state index contributed by atoms with van der Waals surface area (Å²) in [7, 11) is -1.41. The van der Waals surface area contributed by atoms with Crippen LogP contribution in [0.25, 0.3) is 0 Å². The van der Waals surface area contributed by atoms with E-state index in [0.29, 0.717) is 11.5 Å². The zero-order chi connectivity index (χ0) is 19.8. The number of rotatable bonds is 4. The molecule has 0 aliphatic carbocycles. The van der Waals surface area contributed by atoms with E-state index in [2.05, 4.69) is 33.9 Å². The summed E-state index contributed by atoms with van der Waals surface area (Å²) >= 11 is 0. The highest BCUT2D eigenvalue weighted by molar-refractivity contribution is 7.85. The van der Waals surface area contributed by atoms with Gasteiger partial charge in [-0.25, -0.2) is 0 Å². The molecule has 1 aliphatic heterocycles. The molecule has 1 aliphatic rings. The molecule has 27 heavy (non-hydrogen) atoms. The zero-order valence-corrected chi connectivity index (χ0v) is 18.7. The summed E-state index contributed by atoms with van der Waals surface area (Å²) < 4.78 is 30.5. The monoisotopic (exact) mass is 404 g/mol. The van der Waals surface area contributed by atoms with E-state index < -0.39 is 19.1 Å². The molecule has 3 rings (SSSR count). The summed E-state index contributed by atoms with van der Waals surface area (Å²) in [4.78, 5) is 0.738. The Hall–Kier alpha value is -1.79. The van der Waals surface area contributed by atoms with Crippen LogP contribution in [0, 0.1) is 0 Å². The van der Waals surface area contributed by atoms with Crippen molar-refractivity contribution in [1.82, 2.24) is 0 Å². The molecular formula is C21H28O4SSi. The van der Waals surface area contributed by atoms with Gasteiger partial charge in [0, 0.05) is 6.07 Å².